The number of sulfonamides is 1. The lowest BCUT2D eigenvalue weighted by Crippen LogP contribution is -2.36. The molecule has 1 aliphatic heterocycles. The number of methoxy groups -OCH3 is 3. The second-order valence-corrected chi connectivity index (χ2v) is 8.12. The van der Waals surface area contributed by atoms with Crippen LogP contribution in [0.2, 0.25) is 0 Å². The van der Waals surface area contributed by atoms with Gasteiger partial charge in [-0.25, -0.2) is 12.7 Å². The van der Waals surface area contributed by atoms with E-state index in [9.17, 15) is 13.2 Å². The predicted molar refractivity (Wildman–Crippen MR) is 103 cm³/mol. The number of amides is 1. The van der Waals surface area contributed by atoms with E-state index in [0.717, 1.165) is 5.56 Å². The summed E-state index contributed by atoms with van der Waals surface area (Å²) in [6.45, 7) is 1.62. The summed E-state index contributed by atoms with van der Waals surface area (Å²) >= 11 is 0. The summed E-state index contributed by atoms with van der Waals surface area (Å²) in [5.41, 5.74) is 0.727. The first kappa shape index (κ1) is 21.0. The predicted octanol–water partition coefficient (Wildman–Crippen LogP) is 1.22. The van der Waals surface area contributed by atoms with E-state index in [4.69, 9.17) is 14.2 Å². The van der Waals surface area contributed by atoms with Crippen LogP contribution in [0.1, 0.15) is 12.0 Å². The largest absolute Gasteiger partial charge is 0.493 e. The number of ether oxygens (including phenoxy) is 3. The number of carbonyl (C=O) groups is 1. The van der Waals surface area contributed by atoms with Crippen molar-refractivity contribution in [3.8, 4) is 17.2 Å². The smallest absolute Gasteiger partial charge is 0.246 e. The molecule has 0 unspecified atom stereocenters. The molecule has 0 atom stereocenters. The van der Waals surface area contributed by atoms with Gasteiger partial charge in [-0.2, -0.15) is 0 Å². The molecular weight excluding hydrogens is 372 g/mol. The Hall–Kier alpha value is -2.26. The first-order valence-corrected chi connectivity index (χ1v) is 10.4. The second kappa shape index (κ2) is 9.09. The van der Waals surface area contributed by atoms with Gasteiger partial charge in [-0.3, -0.25) is 4.79 Å². The van der Waals surface area contributed by atoms with Crippen molar-refractivity contribution in [1.29, 1.82) is 0 Å². The van der Waals surface area contributed by atoms with Crippen LogP contribution in [-0.4, -0.2) is 77.3 Å². The number of nitrogens with zero attached hydrogens (tertiary/aromatic N) is 2. The van der Waals surface area contributed by atoms with E-state index in [1.54, 1.807) is 23.1 Å². The average molecular weight is 398 g/mol. The van der Waals surface area contributed by atoms with E-state index < -0.39 is 10.0 Å². The standard InChI is InChI=1S/C18H26N2O6S/c1-24-15-12-14(13-16(25-2)18(15)26-3)6-7-17(21)19-8-5-9-20(11-10-19)27(4,22)23/h6-7,12-13H,5,8-11H2,1-4H3. The van der Waals surface area contributed by atoms with Crippen LogP contribution in [0.15, 0.2) is 18.2 Å². The van der Waals surface area contributed by atoms with Crippen LogP contribution in [-0.2, 0) is 14.8 Å². The molecule has 2 rings (SSSR count). The maximum Gasteiger partial charge on any atom is 0.246 e. The number of benzene rings is 1. The minimum absolute atomic E-state index is 0.167. The summed E-state index contributed by atoms with van der Waals surface area (Å²) in [7, 11) is 1.35. The van der Waals surface area contributed by atoms with Crippen molar-refractivity contribution in [3.63, 3.8) is 0 Å². The van der Waals surface area contributed by atoms with Crippen LogP contribution in [0.5, 0.6) is 17.2 Å². The van der Waals surface area contributed by atoms with Crippen LogP contribution in [0.4, 0.5) is 0 Å². The van der Waals surface area contributed by atoms with Gasteiger partial charge in [-0.1, -0.05) is 0 Å². The minimum Gasteiger partial charge on any atom is -0.493 e. The fourth-order valence-electron chi connectivity index (χ4n) is 2.92. The maximum absolute atomic E-state index is 12.5. The summed E-state index contributed by atoms with van der Waals surface area (Å²) in [6, 6.07) is 3.50. The maximum atomic E-state index is 12.5. The molecule has 27 heavy (non-hydrogen) atoms. The normalized spacial score (nSPS) is 16.2. The molecule has 0 bridgehead atoms. The molecule has 150 valence electrons. The zero-order valence-electron chi connectivity index (χ0n) is 16.1. The Morgan fingerprint density at radius 3 is 2.15 bits per heavy atom. The third kappa shape index (κ3) is 5.36. The lowest BCUT2D eigenvalue weighted by Gasteiger charge is -2.19. The van der Waals surface area contributed by atoms with Crippen molar-refractivity contribution in [2.75, 3.05) is 53.8 Å². The fraction of sp³-hybridized carbons (Fsp3) is 0.500. The number of rotatable bonds is 6. The Balaban J connectivity index is 2.12. The van der Waals surface area contributed by atoms with Crippen molar-refractivity contribution in [2.45, 2.75) is 6.42 Å². The Kier molecular flexibility index (Phi) is 7.09. The molecule has 1 aromatic rings. The number of carbonyl (C=O) groups excluding carboxylic acids is 1. The fourth-order valence-corrected chi connectivity index (χ4v) is 3.79. The van der Waals surface area contributed by atoms with Gasteiger partial charge in [0.15, 0.2) is 11.5 Å². The summed E-state index contributed by atoms with van der Waals surface area (Å²) in [6.07, 6.45) is 4.94. The lowest BCUT2D eigenvalue weighted by molar-refractivity contribution is -0.125. The van der Waals surface area contributed by atoms with Crippen LogP contribution in [0.25, 0.3) is 6.08 Å². The Morgan fingerprint density at radius 1 is 1.00 bits per heavy atom. The Bertz CT molecular complexity index is 781. The highest BCUT2D eigenvalue weighted by molar-refractivity contribution is 7.88. The van der Waals surface area contributed by atoms with E-state index in [-0.39, 0.29) is 5.91 Å². The Labute approximate surface area is 160 Å². The molecule has 0 spiro atoms. The van der Waals surface area contributed by atoms with Crippen LogP contribution < -0.4 is 14.2 Å². The summed E-state index contributed by atoms with van der Waals surface area (Å²) < 4.78 is 40.6. The van der Waals surface area contributed by atoms with Gasteiger partial charge >= 0.3 is 0 Å². The van der Waals surface area contributed by atoms with E-state index in [1.807, 2.05) is 0 Å². The monoisotopic (exact) mass is 398 g/mol. The molecule has 1 heterocycles. The molecule has 1 aliphatic rings. The molecule has 0 N–H and O–H groups in total. The van der Waals surface area contributed by atoms with Gasteiger partial charge < -0.3 is 19.1 Å². The summed E-state index contributed by atoms with van der Waals surface area (Å²) in [5, 5.41) is 0. The molecule has 0 radical (unpaired) electrons. The van der Waals surface area contributed by atoms with E-state index >= 15 is 0 Å². The zero-order chi connectivity index (χ0) is 20.0. The third-order valence-electron chi connectivity index (χ3n) is 4.34. The Morgan fingerprint density at radius 2 is 1.63 bits per heavy atom. The molecule has 1 amide bonds. The summed E-state index contributed by atoms with van der Waals surface area (Å²) in [4.78, 5) is 14.1. The highest BCUT2D eigenvalue weighted by Crippen LogP contribution is 2.38. The molecule has 8 nitrogen and oxygen atoms in total. The first-order chi connectivity index (χ1) is 12.8. The van der Waals surface area contributed by atoms with Crippen molar-refractivity contribution in [2.24, 2.45) is 0 Å². The molecule has 9 heteroatoms. The van der Waals surface area contributed by atoms with Crippen LogP contribution in [0, 0.1) is 0 Å². The van der Waals surface area contributed by atoms with E-state index in [1.165, 1.54) is 38.0 Å². The lowest BCUT2D eigenvalue weighted by atomic mass is 10.1. The van der Waals surface area contributed by atoms with E-state index in [0.29, 0.717) is 49.8 Å². The molecule has 1 aromatic carbocycles. The van der Waals surface area contributed by atoms with Gasteiger partial charge in [-0.15, -0.1) is 0 Å². The summed E-state index contributed by atoms with van der Waals surface area (Å²) in [5.74, 6) is 1.32. The molecule has 0 aliphatic carbocycles. The van der Waals surface area contributed by atoms with Crippen molar-refractivity contribution in [3.05, 3.63) is 23.8 Å². The van der Waals surface area contributed by atoms with Crippen molar-refractivity contribution in [1.82, 2.24) is 9.21 Å². The molecular formula is C18H26N2O6S. The average Bonchev–Trinajstić information content (AvgIpc) is 2.91. The van der Waals surface area contributed by atoms with Gasteiger partial charge in [0.25, 0.3) is 0 Å². The molecule has 0 aromatic heterocycles. The SMILES string of the molecule is COc1cc(C=CC(=O)N2CCCN(S(C)(=O)=O)CC2)cc(OC)c1OC. The van der Waals surface area contributed by atoms with Gasteiger partial charge in [0.05, 0.1) is 27.6 Å². The van der Waals surface area contributed by atoms with Crippen molar-refractivity contribution >= 4 is 22.0 Å². The van der Waals surface area contributed by atoms with E-state index in [2.05, 4.69) is 0 Å². The molecule has 0 saturated carbocycles. The van der Waals surface area contributed by atoms with Crippen LogP contribution in [0.3, 0.4) is 0 Å². The van der Waals surface area contributed by atoms with Gasteiger partial charge in [0, 0.05) is 32.3 Å². The van der Waals surface area contributed by atoms with Gasteiger partial charge in [-0.05, 0) is 30.2 Å². The highest BCUT2D eigenvalue weighted by Gasteiger charge is 2.22. The molecule has 1 saturated heterocycles. The minimum atomic E-state index is -3.24. The highest BCUT2D eigenvalue weighted by atomic mass is 32.2. The van der Waals surface area contributed by atoms with Crippen LogP contribution >= 0.6 is 0 Å². The second-order valence-electron chi connectivity index (χ2n) is 6.13. The van der Waals surface area contributed by atoms with Gasteiger partial charge in [0.1, 0.15) is 0 Å². The zero-order valence-corrected chi connectivity index (χ0v) is 16.9. The number of hydrogen-bond donors (Lipinski definition) is 0. The molecule has 1 fully saturated rings. The van der Waals surface area contributed by atoms with Gasteiger partial charge in [0.2, 0.25) is 21.7 Å². The number of hydrogen-bond acceptors (Lipinski definition) is 6. The first-order valence-electron chi connectivity index (χ1n) is 8.52. The topological polar surface area (TPSA) is 85.4 Å². The van der Waals surface area contributed by atoms with Crippen molar-refractivity contribution < 1.29 is 27.4 Å². The third-order valence-corrected chi connectivity index (χ3v) is 5.64. The quantitative estimate of drug-likeness (QED) is 0.670.